The third-order valence-corrected chi connectivity index (χ3v) is 3.14. The minimum absolute atomic E-state index is 0.169. The normalized spacial score (nSPS) is 12.9. The van der Waals surface area contributed by atoms with E-state index >= 15 is 0 Å². The number of hydrogen-bond donors (Lipinski definition) is 2. The number of aliphatic hydroxyl groups excluding tert-OH is 1. The summed E-state index contributed by atoms with van der Waals surface area (Å²) in [6, 6.07) is 7.25. The summed E-state index contributed by atoms with van der Waals surface area (Å²) in [6.07, 6.45) is 1.47. The molecule has 1 amide bonds. The first-order valence-corrected chi connectivity index (χ1v) is 7.32. The number of carbonyl (C=O) groups is 1. The molecule has 1 aromatic rings. The van der Waals surface area contributed by atoms with Crippen molar-refractivity contribution in [2.45, 2.75) is 37.3 Å². The van der Waals surface area contributed by atoms with Gasteiger partial charge < -0.3 is 15.2 Å². The largest absolute Gasteiger partial charge is 0.444 e. The van der Waals surface area contributed by atoms with E-state index in [0.717, 1.165) is 10.5 Å². The van der Waals surface area contributed by atoms with Gasteiger partial charge in [-0.15, -0.1) is 11.8 Å². The Bertz CT molecular complexity index is 412. The predicted molar refractivity (Wildman–Crippen MR) is 77.4 cm³/mol. The van der Waals surface area contributed by atoms with Gasteiger partial charge in [-0.05, 0) is 44.7 Å². The second-order valence-electron chi connectivity index (χ2n) is 5.15. The molecule has 1 rings (SSSR count). The number of aliphatic hydroxyl groups is 1. The van der Waals surface area contributed by atoms with E-state index < -0.39 is 17.7 Å². The van der Waals surface area contributed by atoms with Crippen LogP contribution in [-0.4, -0.2) is 29.7 Å². The van der Waals surface area contributed by atoms with Crippen LogP contribution in [0.25, 0.3) is 0 Å². The molecule has 1 aromatic carbocycles. The highest BCUT2D eigenvalue weighted by atomic mass is 32.2. The second-order valence-corrected chi connectivity index (χ2v) is 6.03. The average Bonchev–Trinajstić information content (AvgIpc) is 2.34. The van der Waals surface area contributed by atoms with Crippen LogP contribution in [0.4, 0.5) is 4.79 Å². The first-order valence-electron chi connectivity index (χ1n) is 6.10. The third kappa shape index (κ3) is 5.53. The van der Waals surface area contributed by atoms with E-state index in [4.69, 9.17) is 4.74 Å². The van der Waals surface area contributed by atoms with Crippen LogP contribution in [0.1, 0.15) is 32.4 Å². The molecule has 1 unspecified atom stereocenters. The van der Waals surface area contributed by atoms with E-state index in [1.807, 2.05) is 30.5 Å². The van der Waals surface area contributed by atoms with Gasteiger partial charge in [0.2, 0.25) is 0 Å². The van der Waals surface area contributed by atoms with Crippen molar-refractivity contribution in [3.8, 4) is 0 Å². The van der Waals surface area contributed by atoms with Crippen LogP contribution in [0.5, 0.6) is 0 Å². The van der Waals surface area contributed by atoms with Gasteiger partial charge in [0.05, 0.1) is 12.6 Å². The van der Waals surface area contributed by atoms with Crippen LogP contribution < -0.4 is 5.32 Å². The first kappa shape index (κ1) is 15.9. The van der Waals surface area contributed by atoms with Crippen LogP contribution in [0.2, 0.25) is 0 Å². The van der Waals surface area contributed by atoms with Gasteiger partial charge in [-0.2, -0.15) is 0 Å². The van der Waals surface area contributed by atoms with E-state index in [9.17, 15) is 9.90 Å². The van der Waals surface area contributed by atoms with Crippen molar-refractivity contribution in [3.05, 3.63) is 29.8 Å². The maximum Gasteiger partial charge on any atom is 0.408 e. The summed E-state index contributed by atoms with van der Waals surface area (Å²) in [7, 11) is 0. The molecule has 19 heavy (non-hydrogen) atoms. The van der Waals surface area contributed by atoms with E-state index in [0.29, 0.717) is 0 Å². The number of ether oxygens (including phenoxy) is 1. The lowest BCUT2D eigenvalue weighted by molar-refractivity contribution is 0.0482. The second kappa shape index (κ2) is 6.82. The van der Waals surface area contributed by atoms with Crippen molar-refractivity contribution in [1.29, 1.82) is 0 Å². The summed E-state index contributed by atoms with van der Waals surface area (Å²) >= 11 is 1.64. The van der Waals surface area contributed by atoms with Crippen LogP contribution in [-0.2, 0) is 4.74 Å². The molecule has 0 bridgehead atoms. The fourth-order valence-electron chi connectivity index (χ4n) is 1.52. The number of nitrogens with one attached hydrogen (secondary N) is 1. The van der Waals surface area contributed by atoms with E-state index in [1.54, 1.807) is 32.5 Å². The number of hydrogen-bond acceptors (Lipinski definition) is 4. The number of benzene rings is 1. The molecule has 106 valence electrons. The molecule has 4 nitrogen and oxygen atoms in total. The zero-order chi connectivity index (χ0) is 14.5. The Labute approximate surface area is 118 Å². The highest BCUT2D eigenvalue weighted by Crippen LogP contribution is 2.19. The molecular weight excluding hydrogens is 262 g/mol. The standard InChI is InChI=1S/C14H21NO3S/c1-14(2,3)18-13(17)15-12(9-16)10-5-7-11(19-4)8-6-10/h5-8,12,16H,9H2,1-4H3,(H,15,17). The zero-order valence-corrected chi connectivity index (χ0v) is 12.6. The molecule has 0 heterocycles. The quantitative estimate of drug-likeness (QED) is 0.834. The minimum Gasteiger partial charge on any atom is -0.444 e. The van der Waals surface area contributed by atoms with Gasteiger partial charge in [0.15, 0.2) is 0 Å². The molecule has 0 aliphatic carbocycles. The first-order chi connectivity index (χ1) is 8.85. The Morgan fingerprint density at radius 3 is 2.37 bits per heavy atom. The predicted octanol–water partition coefficient (Wildman–Crippen LogP) is 2.97. The molecule has 0 aliphatic rings. The van der Waals surface area contributed by atoms with Crippen molar-refractivity contribution in [2.75, 3.05) is 12.9 Å². The Morgan fingerprint density at radius 1 is 1.37 bits per heavy atom. The average molecular weight is 283 g/mol. The molecule has 0 saturated carbocycles. The Kier molecular flexibility index (Phi) is 5.69. The molecule has 0 aromatic heterocycles. The van der Waals surface area contributed by atoms with Gasteiger partial charge in [0.1, 0.15) is 5.60 Å². The number of thioether (sulfide) groups is 1. The van der Waals surface area contributed by atoms with Gasteiger partial charge >= 0.3 is 6.09 Å². The lowest BCUT2D eigenvalue weighted by Gasteiger charge is -2.23. The fourth-order valence-corrected chi connectivity index (χ4v) is 1.93. The Morgan fingerprint density at radius 2 is 1.95 bits per heavy atom. The van der Waals surface area contributed by atoms with Crippen LogP contribution in [0.15, 0.2) is 29.2 Å². The van der Waals surface area contributed by atoms with E-state index in [2.05, 4.69) is 5.32 Å². The van der Waals surface area contributed by atoms with Crippen molar-refractivity contribution >= 4 is 17.9 Å². The molecule has 2 N–H and O–H groups in total. The maximum atomic E-state index is 11.7. The Balaban J connectivity index is 2.69. The molecule has 0 fully saturated rings. The molecule has 1 atom stereocenters. The summed E-state index contributed by atoms with van der Waals surface area (Å²) in [4.78, 5) is 12.8. The highest BCUT2D eigenvalue weighted by Gasteiger charge is 2.20. The van der Waals surface area contributed by atoms with Crippen LogP contribution in [0, 0.1) is 0 Å². The number of rotatable bonds is 4. The smallest absolute Gasteiger partial charge is 0.408 e. The van der Waals surface area contributed by atoms with Crippen LogP contribution >= 0.6 is 11.8 Å². The summed E-state index contributed by atoms with van der Waals surface area (Å²) in [6.45, 7) is 5.23. The van der Waals surface area contributed by atoms with Crippen molar-refractivity contribution in [1.82, 2.24) is 5.32 Å². The van der Waals surface area contributed by atoms with Crippen molar-refractivity contribution in [2.24, 2.45) is 0 Å². The molecule has 0 saturated heterocycles. The van der Waals surface area contributed by atoms with Crippen molar-refractivity contribution in [3.63, 3.8) is 0 Å². The monoisotopic (exact) mass is 283 g/mol. The molecular formula is C14H21NO3S. The van der Waals surface area contributed by atoms with Crippen molar-refractivity contribution < 1.29 is 14.6 Å². The van der Waals surface area contributed by atoms with Gasteiger partial charge in [-0.3, -0.25) is 0 Å². The molecule has 5 heteroatoms. The highest BCUT2D eigenvalue weighted by molar-refractivity contribution is 7.98. The van der Waals surface area contributed by atoms with E-state index in [-0.39, 0.29) is 6.61 Å². The summed E-state index contributed by atoms with van der Waals surface area (Å²) < 4.78 is 5.17. The summed E-state index contributed by atoms with van der Waals surface area (Å²) in [5.41, 5.74) is 0.304. The lowest BCUT2D eigenvalue weighted by Crippen LogP contribution is -2.36. The molecule has 0 radical (unpaired) electrons. The minimum atomic E-state index is -0.549. The lowest BCUT2D eigenvalue weighted by atomic mass is 10.1. The van der Waals surface area contributed by atoms with Crippen LogP contribution in [0.3, 0.4) is 0 Å². The fraction of sp³-hybridized carbons (Fsp3) is 0.500. The summed E-state index contributed by atoms with van der Waals surface area (Å²) in [5.74, 6) is 0. The van der Waals surface area contributed by atoms with Gasteiger partial charge in [0, 0.05) is 4.90 Å². The van der Waals surface area contributed by atoms with Gasteiger partial charge in [-0.25, -0.2) is 4.79 Å². The number of alkyl carbamates (subject to hydrolysis) is 1. The van der Waals surface area contributed by atoms with Gasteiger partial charge in [0.25, 0.3) is 0 Å². The zero-order valence-electron chi connectivity index (χ0n) is 11.8. The Hall–Kier alpha value is -1.20. The SMILES string of the molecule is CSc1ccc(C(CO)NC(=O)OC(C)(C)C)cc1. The van der Waals surface area contributed by atoms with Gasteiger partial charge in [-0.1, -0.05) is 12.1 Å². The number of amides is 1. The topological polar surface area (TPSA) is 58.6 Å². The molecule has 0 aliphatic heterocycles. The molecule has 0 spiro atoms. The van der Waals surface area contributed by atoms with E-state index in [1.165, 1.54) is 0 Å². The third-order valence-electron chi connectivity index (χ3n) is 2.39. The number of carbonyl (C=O) groups excluding carboxylic acids is 1. The maximum absolute atomic E-state index is 11.7. The summed E-state index contributed by atoms with van der Waals surface area (Å²) in [5, 5.41) is 12.0.